The Morgan fingerprint density at radius 3 is 2.77 bits per heavy atom. The second-order valence-electron chi connectivity index (χ2n) is 2.86. The predicted molar refractivity (Wildman–Crippen MR) is 49.7 cm³/mol. The minimum Gasteiger partial charge on any atom is -0.351 e. The van der Waals surface area contributed by atoms with E-state index in [0.29, 0.717) is 6.54 Å². The molecule has 1 heterocycles. The van der Waals surface area contributed by atoms with Gasteiger partial charge in [-0.15, -0.1) is 0 Å². The first kappa shape index (κ1) is 9.67. The molecule has 4 nitrogen and oxygen atoms in total. The summed E-state index contributed by atoms with van der Waals surface area (Å²) in [7, 11) is 0. The summed E-state index contributed by atoms with van der Waals surface area (Å²) in [6.07, 6.45) is 3.38. The van der Waals surface area contributed by atoms with E-state index in [4.69, 9.17) is 5.73 Å². The van der Waals surface area contributed by atoms with Gasteiger partial charge in [-0.1, -0.05) is 0 Å². The van der Waals surface area contributed by atoms with Crippen LogP contribution >= 0.6 is 0 Å². The van der Waals surface area contributed by atoms with E-state index < -0.39 is 6.04 Å². The van der Waals surface area contributed by atoms with Crippen LogP contribution in [0.5, 0.6) is 0 Å². The molecule has 4 heteroatoms. The van der Waals surface area contributed by atoms with Crippen LogP contribution < -0.4 is 11.1 Å². The van der Waals surface area contributed by atoms with Gasteiger partial charge in [0.25, 0.3) is 0 Å². The summed E-state index contributed by atoms with van der Waals surface area (Å²) in [5.74, 6) is -0.142. The van der Waals surface area contributed by atoms with Crippen molar-refractivity contribution in [1.29, 1.82) is 0 Å². The van der Waals surface area contributed by atoms with Crippen molar-refractivity contribution in [3.63, 3.8) is 0 Å². The van der Waals surface area contributed by atoms with Gasteiger partial charge in [0.15, 0.2) is 0 Å². The number of nitrogens with one attached hydrogen (secondary N) is 1. The van der Waals surface area contributed by atoms with E-state index in [2.05, 4.69) is 10.3 Å². The molecule has 0 aliphatic heterocycles. The Hall–Kier alpha value is -1.42. The summed E-state index contributed by atoms with van der Waals surface area (Å²) >= 11 is 0. The van der Waals surface area contributed by atoms with Crippen LogP contribution in [0.4, 0.5) is 0 Å². The van der Waals surface area contributed by atoms with Gasteiger partial charge in [-0.3, -0.25) is 9.78 Å². The van der Waals surface area contributed by atoms with E-state index in [-0.39, 0.29) is 5.91 Å². The second-order valence-corrected chi connectivity index (χ2v) is 2.86. The SMILES string of the molecule is C[C@@H](N)C(=O)NCc1ccncc1. The summed E-state index contributed by atoms with van der Waals surface area (Å²) in [5, 5.41) is 2.71. The van der Waals surface area contributed by atoms with E-state index in [9.17, 15) is 4.79 Å². The molecule has 70 valence electrons. The number of nitrogens with zero attached hydrogens (tertiary/aromatic N) is 1. The first-order chi connectivity index (χ1) is 6.20. The normalized spacial score (nSPS) is 12.2. The van der Waals surface area contributed by atoms with Crippen molar-refractivity contribution >= 4 is 5.91 Å². The third-order valence-corrected chi connectivity index (χ3v) is 1.63. The highest BCUT2D eigenvalue weighted by Crippen LogP contribution is 1.94. The van der Waals surface area contributed by atoms with Gasteiger partial charge in [0.05, 0.1) is 6.04 Å². The van der Waals surface area contributed by atoms with Gasteiger partial charge in [0, 0.05) is 18.9 Å². The average molecular weight is 179 g/mol. The van der Waals surface area contributed by atoms with Crippen molar-refractivity contribution in [3.05, 3.63) is 30.1 Å². The van der Waals surface area contributed by atoms with Crippen molar-refractivity contribution in [3.8, 4) is 0 Å². The van der Waals surface area contributed by atoms with Crippen LogP contribution in [-0.2, 0) is 11.3 Å². The first-order valence-corrected chi connectivity index (χ1v) is 4.12. The molecule has 0 radical (unpaired) electrons. The molecule has 0 bridgehead atoms. The molecule has 1 amide bonds. The Bertz CT molecular complexity index is 271. The lowest BCUT2D eigenvalue weighted by molar-refractivity contribution is -0.122. The molecule has 0 aromatic carbocycles. The maximum Gasteiger partial charge on any atom is 0.236 e. The molecule has 0 saturated heterocycles. The Labute approximate surface area is 77.2 Å². The lowest BCUT2D eigenvalue weighted by Gasteiger charge is -2.06. The fraction of sp³-hybridized carbons (Fsp3) is 0.333. The second kappa shape index (κ2) is 4.57. The average Bonchev–Trinajstić information content (AvgIpc) is 2.15. The molecule has 1 atom stereocenters. The van der Waals surface area contributed by atoms with Crippen molar-refractivity contribution in [2.45, 2.75) is 19.5 Å². The highest BCUT2D eigenvalue weighted by Gasteiger charge is 2.05. The number of aromatic nitrogens is 1. The van der Waals surface area contributed by atoms with E-state index in [0.717, 1.165) is 5.56 Å². The number of carbonyl (C=O) groups excluding carboxylic acids is 1. The number of rotatable bonds is 3. The third kappa shape index (κ3) is 3.21. The maximum atomic E-state index is 11.1. The van der Waals surface area contributed by atoms with Gasteiger partial charge in [-0.2, -0.15) is 0 Å². The highest BCUT2D eigenvalue weighted by molar-refractivity contribution is 5.80. The summed E-state index contributed by atoms with van der Waals surface area (Å²) in [6, 6.07) is 3.24. The Morgan fingerprint density at radius 2 is 2.23 bits per heavy atom. The molecule has 0 aliphatic rings. The van der Waals surface area contributed by atoms with Gasteiger partial charge in [0.1, 0.15) is 0 Å². The standard InChI is InChI=1S/C9H13N3O/c1-7(10)9(13)12-6-8-2-4-11-5-3-8/h2-5,7H,6,10H2,1H3,(H,12,13)/t7-/m1/s1. The molecular formula is C9H13N3O. The summed E-state index contributed by atoms with van der Waals surface area (Å²) in [5.41, 5.74) is 6.39. The molecule has 1 aromatic heterocycles. The van der Waals surface area contributed by atoms with Gasteiger partial charge < -0.3 is 11.1 Å². The van der Waals surface area contributed by atoms with Gasteiger partial charge >= 0.3 is 0 Å². The zero-order valence-electron chi connectivity index (χ0n) is 7.53. The topological polar surface area (TPSA) is 68.0 Å². The van der Waals surface area contributed by atoms with Gasteiger partial charge in [-0.05, 0) is 24.6 Å². The zero-order valence-corrected chi connectivity index (χ0v) is 7.53. The van der Waals surface area contributed by atoms with Crippen molar-refractivity contribution < 1.29 is 4.79 Å². The Kier molecular flexibility index (Phi) is 3.40. The molecule has 0 fully saturated rings. The number of hydrogen-bond acceptors (Lipinski definition) is 3. The minimum absolute atomic E-state index is 0.142. The zero-order chi connectivity index (χ0) is 9.68. The molecule has 13 heavy (non-hydrogen) atoms. The predicted octanol–water partition coefficient (Wildman–Crippen LogP) is 0.0450. The van der Waals surface area contributed by atoms with Crippen LogP contribution in [0, 0.1) is 0 Å². The first-order valence-electron chi connectivity index (χ1n) is 4.12. The van der Waals surface area contributed by atoms with E-state index >= 15 is 0 Å². The van der Waals surface area contributed by atoms with Crippen molar-refractivity contribution in [2.24, 2.45) is 5.73 Å². The fourth-order valence-electron chi connectivity index (χ4n) is 0.851. The molecule has 0 unspecified atom stereocenters. The van der Waals surface area contributed by atoms with Crippen molar-refractivity contribution in [2.75, 3.05) is 0 Å². The molecule has 1 rings (SSSR count). The minimum atomic E-state index is -0.457. The number of carbonyl (C=O) groups is 1. The lowest BCUT2D eigenvalue weighted by atomic mass is 10.2. The van der Waals surface area contributed by atoms with Crippen LogP contribution in [0.2, 0.25) is 0 Å². The van der Waals surface area contributed by atoms with E-state index in [1.54, 1.807) is 19.3 Å². The monoisotopic (exact) mass is 179 g/mol. The highest BCUT2D eigenvalue weighted by atomic mass is 16.2. The van der Waals surface area contributed by atoms with Crippen LogP contribution in [0.1, 0.15) is 12.5 Å². The molecule has 0 aliphatic carbocycles. The number of pyridine rings is 1. The number of amides is 1. The van der Waals surface area contributed by atoms with Gasteiger partial charge in [-0.25, -0.2) is 0 Å². The maximum absolute atomic E-state index is 11.1. The molecule has 0 saturated carbocycles. The Balaban J connectivity index is 2.40. The van der Waals surface area contributed by atoms with Gasteiger partial charge in [0.2, 0.25) is 5.91 Å². The molecule has 0 spiro atoms. The quantitative estimate of drug-likeness (QED) is 0.688. The van der Waals surface area contributed by atoms with Crippen LogP contribution in [0.25, 0.3) is 0 Å². The third-order valence-electron chi connectivity index (χ3n) is 1.63. The lowest BCUT2D eigenvalue weighted by Crippen LogP contribution is -2.37. The summed E-state index contributed by atoms with van der Waals surface area (Å²) < 4.78 is 0. The van der Waals surface area contributed by atoms with E-state index in [1.807, 2.05) is 12.1 Å². The Morgan fingerprint density at radius 1 is 1.62 bits per heavy atom. The van der Waals surface area contributed by atoms with Crippen LogP contribution in [0.15, 0.2) is 24.5 Å². The summed E-state index contributed by atoms with van der Waals surface area (Å²) in [6.45, 7) is 2.16. The molecular weight excluding hydrogens is 166 g/mol. The van der Waals surface area contributed by atoms with Crippen molar-refractivity contribution in [1.82, 2.24) is 10.3 Å². The van der Waals surface area contributed by atoms with Crippen LogP contribution in [-0.4, -0.2) is 16.9 Å². The van der Waals surface area contributed by atoms with E-state index in [1.165, 1.54) is 0 Å². The molecule has 1 aromatic rings. The molecule has 3 N–H and O–H groups in total. The van der Waals surface area contributed by atoms with Crippen LogP contribution in [0.3, 0.4) is 0 Å². The largest absolute Gasteiger partial charge is 0.351 e. The number of nitrogens with two attached hydrogens (primary N) is 1. The number of hydrogen-bond donors (Lipinski definition) is 2. The summed E-state index contributed by atoms with van der Waals surface area (Å²) in [4.78, 5) is 14.9. The fourth-order valence-corrected chi connectivity index (χ4v) is 0.851. The smallest absolute Gasteiger partial charge is 0.236 e.